The van der Waals surface area contributed by atoms with Crippen LogP contribution in [0.1, 0.15) is 15.9 Å². The number of rotatable bonds is 3. The van der Waals surface area contributed by atoms with E-state index in [-0.39, 0.29) is 16.9 Å². The standard InChI is InChI=1S/C13H14BN2O.2H2O/c1-10-8-16(2)9-12(10)13(17)15-14-11-6-4-3-5-7-11;;/h3-9H,1-2H3,(H,15,17);2*1H2. The lowest BCUT2D eigenvalue weighted by Gasteiger charge is -2.02. The first-order chi connectivity index (χ1) is 8.16. The minimum Gasteiger partial charge on any atom is -0.412 e. The number of hydrogen-bond acceptors (Lipinski definition) is 1. The molecule has 0 aliphatic rings. The van der Waals surface area contributed by atoms with Crippen molar-refractivity contribution in [1.82, 2.24) is 9.79 Å². The monoisotopic (exact) mass is 261 g/mol. The van der Waals surface area contributed by atoms with Gasteiger partial charge in [0.25, 0.3) is 7.41 Å². The van der Waals surface area contributed by atoms with Gasteiger partial charge in [0.15, 0.2) is 0 Å². The first-order valence-electron chi connectivity index (χ1n) is 5.48. The van der Waals surface area contributed by atoms with Gasteiger partial charge in [0.05, 0.1) is 5.56 Å². The Labute approximate surface area is 113 Å². The summed E-state index contributed by atoms with van der Waals surface area (Å²) in [6.45, 7) is 1.93. The summed E-state index contributed by atoms with van der Waals surface area (Å²) in [6, 6.07) is 9.70. The molecule has 0 bridgehead atoms. The fraction of sp³-hybridized carbons (Fsp3) is 0.154. The summed E-state index contributed by atoms with van der Waals surface area (Å²) in [6.07, 6.45) is 3.75. The molecule has 0 fully saturated rings. The van der Waals surface area contributed by atoms with Gasteiger partial charge in [0.1, 0.15) is 0 Å². The maximum absolute atomic E-state index is 11.9. The summed E-state index contributed by atoms with van der Waals surface area (Å²) in [5.74, 6) is -0.0769. The third-order valence-electron chi connectivity index (χ3n) is 2.57. The first-order valence-corrected chi connectivity index (χ1v) is 5.48. The van der Waals surface area contributed by atoms with Crippen molar-refractivity contribution in [2.75, 3.05) is 0 Å². The second-order valence-electron chi connectivity index (χ2n) is 4.05. The number of aromatic nitrogens is 1. The Morgan fingerprint density at radius 2 is 1.79 bits per heavy atom. The lowest BCUT2D eigenvalue weighted by Crippen LogP contribution is -2.35. The minimum atomic E-state index is -0.0769. The Morgan fingerprint density at radius 3 is 2.32 bits per heavy atom. The van der Waals surface area contributed by atoms with Gasteiger partial charge in [-0.1, -0.05) is 35.8 Å². The third-order valence-corrected chi connectivity index (χ3v) is 2.57. The number of benzene rings is 1. The van der Waals surface area contributed by atoms with Gasteiger partial charge in [0, 0.05) is 19.4 Å². The Kier molecular flexibility index (Phi) is 6.61. The Hall–Kier alpha value is -2.05. The van der Waals surface area contributed by atoms with Crippen molar-refractivity contribution in [2.45, 2.75) is 6.92 Å². The van der Waals surface area contributed by atoms with E-state index >= 15 is 0 Å². The van der Waals surface area contributed by atoms with Crippen LogP contribution in [-0.2, 0) is 7.05 Å². The van der Waals surface area contributed by atoms with Crippen LogP contribution in [0.5, 0.6) is 0 Å². The molecular weight excluding hydrogens is 243 g/mol. The van der Waals surface area contributed by atoms with Crippen molar-refractivity contribution in [3.63, 3.8) is 0 Å². The van der Waals surface area contributed by atoms with Crippen LogP contribution in [0.25, 0.3) is 0 Å². The van der Waals surface area contributed by atoms with Crippen LogP contribution in [-0.4, -0.2) is 28.8 Å². The molecule has 2 aromatic rings. The van der Waals surface area contributed by atoms with E-state index in [1.54, 1.807) is 7.41 Å². The van der Waals surface area contributed by atoms with Crippen LogP contribution in [0.3, 0.4) is 0 Å². The quantitative estimate of drug-likeness (QED) is 0.730. The van der Waals surface area contributed by atoms with Crippen molar-refractivity contribution in [3.05, 3.63) is 53.9 Å². The van der Waals surface area contributed by atoms with Crippen LogP contribution < -0.4 is 10.7 Å². The van der Waals surface area contributed by atoms with Crippen LogP contribution in [0, 0.1) is 6.92 Å². The highest BCUT2D eigenvalue weighted by molar-refractivity contribution is 6.54. The minimum absolute atomic E-state index is 0. The molecule has 0 aliphatic heterocycles. The second kappa shape index (κ2) is 7.40. The normalized spacial score (nSPS) is 8.95. The first kappa shape index (κ1) is 17.0. The topological polar surface area (TPSA) is 97.0 Å². The molecule has 1 amide bonds. The highest BCUT2D eigenvalue weighted by Crippen LogP contribution is 2.07. The average Bonchev–Trinajstić information content (AvgIpc) is 2.67. The Bertz CT molecular complexity index is 526. The van der Waals surface area contributed by atoms with E-state index in [4.69, 9.17) is 0 Å². The van der Waals surface area contributed by atoms with Crippen molar-refractivity contribution in [3.8, 4) is 0 Å². The van der Waals surface area contributed by atoms with Crippen LogP contribution in [0.15, 0.2) is 42.7 Å². The molecule has 0 saturated heterocycles. The fourth-order valence-electron chi connectivity index (χ4n) is 1.73. The SMILES string of the molecule is Cc1cn(C)cc1C(=O)N[B]c1ccccc1.O.O. The number of nitrogens with one attached hydrogen (secondary N) is 1. The molecule has 6 heteroatoms. The lowest BCUT2D eigenvalue weighted by molar-refractivity contribution is 0.0980. The number of hydrogen-bond donors (Lipinski definition) is 1. The van der Waals surface area contributed by atoms with Gasteiger partial charge in [-0.2, -0.15) is 0 Å². The third kappa shape index (κ3) is 4.28. The summed E-state index contributed by atoms with van der Waals surface area (Å²) in [4.78, 5) is 11.9. The van der Waals surface area contributed by atoms with Crippen molar-refractivity contribution < 1.29 is 15.7 Å². The van der Waals surface area contributed by atoms with E-state index in [9.17, 15) is 4.79 Å². The number of carbonyl (C=O) groups excluding carboxylic acids is 1. The zero-order chi connectivity index (χ0) is 12.3. The molecule has 1 aromatic carbocycles. The zero-order valence-corrected chi connectivity index (χ0v) is 11.0. The van der Waals surface area contributed by atoms with E-state index in [1.807, 2.05) is 61.3 Å². The molecule has 0 atom stereocenters. The predicted molar refractivity (Wildman–Crippen MR) is 76.7 cm³/mol. The zero-order valence-electron chi connectivity index (χ0n) is 11.0. The molecule has 5 N–H and O–H groups in total. The van der Waals surface area contributed by atoms with Crippen LogP contribution >= 0.6 is 0 Å². The summed E-state index contributed by atoms with van der Waals surface area (Å²) < 4.78 is 1.88. The smallest absolute Gasteiger partial charge is 0.285 e. The van der Waals surface area contributed by atoms with E-state index < -0.39 is 0 Å². The molecule has 101 valence electrons. The molecule has 0 spiro atoms. The van der Waals surface area contributed by atoms with Gasteiger partial charge in [-0.15, -0.1) is 0 Å². The van der Waals surface area contributed by atoms with E-state index in [0.29, 0.717) is 5.56 Å². The molecule has 1 aromatic heterocycles. The predicted octanol–water partition coefficient (Wildman–Crippen LogP) is -0.641. The largest absolute Gasteiger partial charge is 0.412 e. The van der Waals surface area contributed by atoms with Crippen LogP contribution in [0.2, 0.25) is 0 Å². The molecule has 0 unspecified atom stereocenters. The highest BCUT2D eigenvalue weighted by Gasteiger charge is 2.10. The molecule has 19 heavy (non-hydrogen) atoms. The van der Waals surface area contributed by atoms with Gasteiger partial charge in [-0.25, -0.2) is 0 Å². The number of amides is 1. The van der Waals surface area contributed by atoms with Gasteiger partial charge in [-0.05, 0) is 12.5 Å². The molecule has 2 rings (SSSR count). The molecule has 1 heterocycles. The number of carbonyl (C=O) groups is 1. The van der Waals surface area contributed by atoms with E-state index in [1.165, 1.54) is 0 Å². The maximum Gasteiger partial charge on any atom is 0.285 e. The summed E-state index contributed by atoms with van der Waals surface area (Å²) in [5.41, 5.74) is 2.67. The number of nitrogens with zero attached hydrogens (tertiary/aromatic N) is 1. The van der Waals surface area contributed by atoms with Crippen molar-refractivity contribution >= 4 is 18.8 Å². The molecular formula is C13H18BN2O3. The fourth-order valence-corrected chi connectivity index (χ4v) is 1.73. The van der Waals surface area contributed by atoms with Gasteiger partial charge in [-0.3, -0.25) is 4.79 Å². The summed E-state index contributed by atoms with van der Waals surface area (Å²) >= 11 is 0. The summed E-state index contributed by atoms with van der Waals surface area (Å²) in [7, 11) is 3.62. The van der Waals surface area contributed by atoms with E-state index in [0.717, 1.165) is 11.0 Å². The molecule has 0 aliphatic carbocycles. The van der Waals surface area contributed by atoms with Gasteiger partial charge in [0.2, 0.25) is 5.91 Å². The molecule has 1 radical (unpaired) electrons. The van der Waals surface area contributed by atoms with Gasteiger partial charge >= 0.3 is 0 Å². The van der Waals surface area contributed by atoms with Crippen molar-refractivity contribution in [1.29, 1.82) is 0 Å². The van der Waals surface area contributed by atoms with Gasteiger partial charge < -0.3 is 20.7 Å². The molecule has 0 saturated carbocycles. The second-order valence-corrected chi connectivity index (χ2v) is 4.05. The van der Waals surface area contributed by atoms with E-state index in [2.05, 4.69) is 5.23 Å². The molecule has 5 nitrogen and oxygen atoms in total. The average molecular weight is 261 g/mol. The maximum atomic E-state index is 11.9. The van der Waals surface area contributed by atoms with Crippen molar-refractivity contribution in [2.24, 2.45) is 7.05 Å². The Balaban J connectivity index is 0.00000162. The highest BCUT2D eigenvalue weighted by atomic mass is 16.1. The number of aryl methyl sites for hydroxylation is 2. The van der Waals surface area contributed by atoms with Crippen LogP contribution in [0.4, 0.5) is 0 Å². The summed E-state index contributed by atoms with van der Waals surface area (Å²) in [5, 5.41) is 2.79. The Morgan fingerprint density at radius 1 is 1.16 bits per heavy atom. The lowest BCUT2D eigenvalue weighted by atomic mass is 9.83.